The highest BCUT2D eigenvalue weighted by molar-refractivity contribution is 7.11. The average molecular weight is 263 g/mol. The van der Waals surface area contributed by atoms with Crippen LogP contribution in [0.25, 0.3) is 0 Å². The molecular formula is C12H17N5S. The van der Waals surface area contributed by atoms with Crippen molar-refractivity contribution < 1.29 is 0 Å². The number of nitrogens with zero attached hydrogens (tertiary/aromatic N) is 2. The third kappa shape index (κ3) is 3.18. The van der Waals surface area contributed by atoms with Gasteiger partial charge in [0, 0.05) is 22.2 Å². The summed E-state index contributed by atoms with van der Waals surface area (Å²) in [5.41, 5.74) is 2.56. The zero-order valence-electron chi connectivity index (χ0n) is 10.5. The molecule has 0 saturated carbocycles. The van der Waals surface area contributed by atoms with Crippen molar-refractivity contribution in [2.75, 3.05) is 10.7 Å². The molecule has 0 radical (unpaired) electrons. The fourth-order valence-electron chi connectivity index (χ4n) is 1.58. The number of aryl methyl sites for hydroxylation is 2. The van der Waals surface area contributed by atoms with Gasteiger partial charge in [0.05, 0.1) is 6.54 Å². The van der Waals surface area contributed by atoms with Gasteiger partial charge >= 0.3 is 0 Å². The second-order valence-electron chi connectivity index (χ2n) is 3.92. The highest BCUT2D eigenvalue weighted by Gasteiger charge is 2.03. The molecule has 0 bridgehead atoms. The van der Waals surface area contributed by atoms with Gasteiger partial charge in [0.25, 0.3) is 0 Å². The van der Waals surface area contributed by atoms with Gasteiger partial charge in [-0.05, 0) is 19.1 Å². The van der Waals surface area contributed by atoms with Crippen LogP contribution in [0.15, 0.2) is 18.2 Å². The molecule has 2 aromatic heterocycles. The highest BCUT2D eigenvalue weighted by Crippen LogP contribution is 2.17. The molecule has 0 unspecified atom stereocenters. The number of anilines is 2. The van der Waals surface area contributed by atoms with Crippen molar-refractivity contribution in [3.8, 4) is 0 Å². The first-order valence-electron chi connectivity index (χ1n) is 5.85. The van der Waals surface area contributed by atoms with E-state index in [-0.39, 0.29) is 0 Å². The van der Waals surface area contributed by atoms with Gasteiger partial charge in [0.2, 0.25) is 0 Å². The van der Waals surface area contributed by atoms with Crippen LogP contribution in [0.1, 0.15) is 22.5 Å². The number of hydrogen-bond donors (Lipinski definition) is 3. The number of hydrogen-bond acceptors (Lipinski definition) is 6. The Morgan fingerprint density at radius 3 is 2.67 bits per heavy atom. The van der Waals surface area contributed by atoms with E-state index in [0.717, 1.165) is 24.6 Å². The van der Waals surface area contributed by atoms with Crippen molar-refractivity contribution in [2.45, 2.75) is 26.8 Å². The zero-order valence-corrected chi connectivity index (χ0v) is 11.3. The van der Waals surface area contributed by atoms with E-state index in [1.165, 1.54) is 9.75 Å². The Kier molecular flexibility index (Phi) is 4.11. The lowest BCUT2D eigenvalue weighted by Crippen LogP contribution is -2.12. The molecule has 0 aliphatic carbocycles. The standard InChI is InChI=1S/C12H17N5S/c1-3-10-15-11(6-12(16-10)17-13)14-7-9-5-4-8(2)18-9/h4-6H,3,7,13H2,1-2H3,(H2,14,15,16,17). The number of aromatic nitrogens is 2. The van der Waals surface area contributed by atoms with Crippen LogP contribution in [0.4, 0.5) is 11.6 Å². The Morgan fingerprint density at radius 1 is 1.28 bits per heavy atom. The Labute approximate surface area is 110 Å². The van der Waals surface area contributed by atoms with Crippen LogP contribution < -0.4 is 16.6 Å². The van der Waals surface area contributed by atoms with Gasteiger partial charge in [-0.15, -0.1) is 11.3 Å². The number of hydrazine groups is 1. The predicted octanol–water partition coefficient (Wildman–Crippen LogP) is 2.31. The molecule has 0 aromatic carbocycles. The van der Waals surface area contributed by atoms with Crippen LogP contribution in [-0.2, 0) is 13.0 Å². The quantitative estimate of drug-likeness (QED) is 0.570. The van der Waals surface area contributed by atoms with Crippen molar-refractivity contribution in [3.63, 3.8) is 0 Å². The van der Waals surface area contributed by atoms with Crippen LogP contribution in [0.2, 0.25) is 0 Å². The van der Waals surface area contributed by atoms with Crippen molar-refractivity contribution >= 4 is 23.0 Å². The summed E-state index contributed by atoms with van der Waals surface area (Å²) in [5.74, 6) is 7.58. The van der Waals surface area contributed by atoms with Crippen molar-refractivity contribution in [1.29, 1.82) is 0 Å². The fourth-order valence-corrected chi connectivity index (χ4v) is 2.41. The monoisotopic (exact) mass is 263 g/mol. The van der Waals surface area contributed by atoms with Gasteiger partial charge in [-0.3, -0.25) is 0 Å². The molecule has 0 aliphatic heterocycles. The van der Waals surface area contributed by atoms with Crippen LogP contribution in [-0.4, -0.2) is 9.97 Å². The molecule has 2 aromatic rings. The molecule has 0 fully saturated rings. The number of nitrogen functional groups attached to an aromatic ring is 1. The first-order chi connectivity index (χ1) is 8.71. The van der Waals surface area contributed by atoms with E-state index in [9.17, 15) is 0 Å². The zero-order chi connectivity index (χ0) is 13.0. The molecular weight excluding hydrogens is 246 g/mol. The summed E-state index contributed by atoms with van der Waals surface area (Å²) in [6.07, 6.45) is 0.780. The Balaban J connectivity index is 2.08. The molecule has 0 atom stereocenters. The van der Waals surface area contributed by atoms with Gasteiger partial charge in [-0.25, -0.2) is 15.8 Å². The van der Waals surface area contributed by atoms with E-state index in [2.05, 4.69) is 39.8 Å². The van der Waals surface area contributed by atoms with Gasteiger partial charge in [0.1, 0.15) is 17.5 Å². The lowest BCUT2D eigenvalue weighted by atomic mass is 10.4. The minimum atomic E-state index is 0.631. The third-order valence-electron chi connectivity index (χ3n) is 2.48. The number of nitrogens with two attached hydrogens (primary N) is 1. The normalized spacial score (nSPS) is 10.4. The van der Waals surface area contributed by atoms with Crippen LogP contribution in [0.5, 0.6) is 0 Å². The minimum Gasteiger partial charge on any atom is -0.365 e. The van der Waals surface area contributed by atoms with Gasteiger partial charge < -0.3 is 10.7 Å². The number of nitrogens with one attached hydrogen (secondary N) is 2. The van der Waals surface area contributed by atoms with Crippen LogP contribution in [0.3, 0.4) is 0 Å². The van der Waals surface area contributed by atoms with Crippen molar-refractivity contribution in [1.82, 2.24) is 9.97 Å². The first kappa shape index (κ1) is 12.8. The molecule has 96 valence electrons. The highest BCUT2D eigenvalue weighted by atomic mass is 32.1. The summed E-state index contributed by atoms with van der Waals surface area (Å²) in [4.78, 5) is 11.3. The first-order valence-corrected chi connectivity index (χ1v) is 6.66. The summed E-state index contributed by atoms with van der Waals surface area (Å²) in [6, 6.07) is 6.04. The molecule has 0 spiro atoms. The maximum absolute atomic E-state index is 5.39. The average Bonchev–Trinajstić information content (AvgIpc) is 2.81. The molecule has 2 rings (SSSR count). The lowest BCUT2D eigenvalue weighted by Gasteiger charge is -2.08. The van der Waals surface area contributed by atoms with Crippen molar-refractivity contribution in [3.05, 3.63) is 33.8 Å². The topological polar surface area (TPSA) is 75.9 Å². The fraction of sp³-hybridized carbons (Fsp3) is 0.333. The van der Waals surface area contributed by atoms with Gasteiger partial charge in [0.15, 0.2) is 0 Å². The van der Waals surface area contributed by atoms with Crippen LogP contribution in [0, 0.1) is 6.92 Å². The van der Waals surface area contributed by atoms with E-state index in [1.54, 1.807) is 17.4 Å². The molecule has 0 amide bonds. The molecule has 4 N–H and O–H groups in total. The molecule has 0 aliphatic rings. The molecule has 2 heterocycles. The van der Waals surface area contributed by atoms with E-state index < -0.39 is 0 Å². The van der Waals surface area contributed by atoms with E-state index in [1.807, 2.05) is 6.92 Å². The second-order valence-corrected chi connectivity index (χ2v) is 5.29. The molecule has 5 nitrogen and oxygen atoms in total. The summed E-state index contributed by atoms with van der Waals surface area (Å²) < 4.78 is 0. The molecule has 6 heteroatoms. The smallest absolute Gasteiger partial charge is 0.145 e. The molecule has 18 heavy (non-hydrogen) atoms. The Morgan fingerprint density at radius 2 is 2.06 bits per heavy atom. The third-order valence-corrected chi connectivity index (χ3v) is 3.48. The number of thiophene rings is 1. The van der Waals surface area contributed by atoms with E-state index in [4.69, 9.17) is 5.84 Å². The van der Waals surface area contributed by atoms with E-state index >= 15 is 0 Å². The second kappa shape index (κ2) is 5.79. The van der Waals surface area contributed by atoms with Gasteiger partial charge in [-0.1, -0.05) is 6.92 Å². The Hall–Kier alpha value is -1.66. The minimum absolute atomic E-state index is 0.631. The largest absolute Gasteiger partial charge is 0.365 e. The maximum Gasteiger partial charge on any atom is 0.145 e. The van der Waals surface area contributed by atoms with Crippen LogP contribution >= 0.6 is 11.3 Å². The number of rotatable bonds is 5. The SMILES string of the molecule is CCc1nc(NN)cc(NCc2ccc(C)s2)n1. The maximum atomic E-state index is 5.39. The molecule has 0 saturated heterocycles. The Bertz CT molecular complexity index is 501. The summed E-state index contributed by atoms with van der Waals surface area (Å²) in [6.45, 7) is 4.88. The summed E-state index contributed by atoms with van der Waals surface area (Å²) in [5, 5.41) is 3.29. The lowest BCUT2D eigenvalue weighted by molar-refractivity contribution is 0.932. The van der Waals surface area contributed by atoms with Gasteiger partial charge in [-0.2, -0.15) is 0 Å². The predicted molar refractivity (Wildman–Crippen MR) is 75.6 cm³/mol. The van der Waals surface area contributed by atoms with Crippen molar-refractivity contribution in [2.24, 2.45) is 5.84 Å². The van der Waals surface area contributed by atoms with E-state index in [0.29, 0.717) is 5.82 Å². The summed E-state index contributed by atoms with van der Waals surface area (Å²) in [7, 11) is 0. The summed E-state index contributed by atoms with van der Waals surface area (Å²) >= 11 is 1.78.